The van der Waals surface area contributed by atoms with Crippen LogP contribution in [0.3, 0.4) is 0 Å². The van der Waals surface area contributed by atoms with E-state index in [-0.39, 0.29) is 12.1 Å². The van der Waals surface area contributed by atoms with Gasteiger partial charge in [0.25, 0.3) is 0 Å². The molecule has 0 radical (unpaired) electrons. The molecule has 2 fully saturated rings. The molecule has 1 saturated carbocycles. The monoisotopic (exact) mass is 450 g/mol. The maximum atomic E-state index is 13.2. The summed E-state index contributed by atoms with van der Waals surface area (Å²) in [4.78, 5) is 17.7. The fourth-order valence-electron chi connectivity index (χ4n) is 5.20. The Balaban J connectivity index is 1.60. The highest BCUT2D eigenvalue weighted by Gasteiger charge is 2.36. The quantitative estimate of drug-likeness (QED) is 0.548. The summed E-state index contributed by atoms with van der Waals surface area (Å²) in [5.41, 5.74) is 3.45. The minimum absolute atomic E-state index is 0.0105. The minimum atomic E-state index is -0.507. The maximum absolute atomic E-state index is 13.2. The summed E-state index contributed by atoms with van der Waals surface area (Å²) in [5.74, 6) is 1.47. The lowest BCUT2D eigenvalue weighted by atomic mass is 9.88. The van der Waals surface area contributed by atoms with Crippen molar-refractivity contribution in [3.05, 3.63) is 65.2 Å². The first-order valence-corrected chi connectivity index (χ1v) is 12.3. The van der Waals surface area contributed by atoms with Crippen LogP contribution in [-0.2, 0) is 11.3 Å². The minimum Gasteiger partial charge on any atom is -0.497 e. The van der Waals surface area contributed by atoms with Gasteiger partial charge >= 0.3 is 6.09 Å². The van der Waals surface area contributed by atoms with Crippen molar-refractivity contribution >= 4 is 6.09 Å². The van der Waals surface area contributed by atoms with Crippen LogP contribution in [0.5, 0.6) is 5.75 Å². The zero-order chi connectivity index (χ0) is 23.4. The molecule has 2 aromatic carbocycles. The van der Waals surface area contributed by atoms with E-state index >= 15 is 0 Å². The summed E-state index contributed by atoms with van der Waals surface area (Å²) >= 11 is 0. The number of rotatable bonds is 5. The molecular weight excluding hydrogens is 412 g/mol. The number of ether oxygens (including phenoxy) is 2. The van der Waals surface area contributed by atoms with Crippen molar-refractivity contribution < 1.29 is 14.3 Å². The van der Waals surface area contributed by atoms with Gasteiger partial charge in [0.05, 0.1) is 13.2 Å². The Bertz CT molecular complexity index is 929. The topological polar surface area (TPSA) is 42.0 Å². The molecule has 5 heteroatoms. The van der Waals surface area contributed by atoms with Crippen LogP contribution in [0.2, 0.25) is 0 Å². The summed E-state index contributed by atoms with van der Waals surface area (Å²) in [6.07, 6.45) is 4.86. The molecule has 1 heterocycles. The molecule has 0 spiro atoms. The number of amides is 1. The van der Waals surface area contributed by atoms with Crippen molar-refractivity contribution in [1.82, 2.24) is 9.80 Å². The summed E-state index contributed by atoms with van der Waals surface area (Å²) < 4.78 is 11.1. The van der Waals surface area contributed by atoms with Crippen molar-refractivity contribution in [3.63, 3.8) is 0 Å². The van der Waals surface area contributed by atoms with Crippen LogP contribution in [-0.4, -0.2) is 48.2 Å². The third-order valence-corrected chi connectivity index (χ3v) is 6.81. The summed E-state index contributed by atoms with van der Waals surface area (Å²) in [5, 5.41) is 0. The molecule has 0 aromatic heterocycles. The number of methoxy groups -OCH3 is 1. The van der Waals surface area contributed by atoms with Crippen molar-refractivity contribution in [2.24, 2.45) is 0 Å². The molecule has 1 unspecified atom stereocenters. The smallest absolute Gasteiger partial charge is 0.410 e. The molecule has 2 aromatic rings. The van der Waals surface area contributed by atoms with Crippen molar-refractivity contribution in [3.8, 4) is 5.75 Å². The largest absolute Gasteiger partial charge is 0.497 e. The Morgan fingerprint density at radius 1 is 0.970 bits per heavy atom. The van der Waals surface area contributed by atoms with Gasteiger partial charge in [0, 0.05) is 26.2 Å². The number of hydrogen-bond donors (Lipinski definition) is 0. The second-order valence-electron chi connectivity index (χ2n) is 10.4. The molecule has 1 aliphatic heterocycles. The molecule has 1 amide bonds. The van der Waals surface area contributed by atoms with Crippen LogP contribution in [0.25, 0.3) is 0 Å². The lowest BCUT2D eigenvalue weighted by molar-refractivity contribution is -0.00316. The van der Waals surface area contributed by atoms with E-state index in [0.717, 1.165) is 25.4 Å². The highest BCUT2D eigenvalue weighted by Crippen LogP contribution is 2.40. The van der Waals surface area contributed by atoms with Crippen LogP contribution < -0.4 is 4.74 Å². The third-order valence-electron chi connectivity index (χ3n) is 6.81. The van der Waals surface area contributed by atoms with E-state index in [4.69, 9.17) is 9.47 Å². The lowest BCUT2D eigenvalue weighted by Crippen LogP contribution is -2.51. The number of nitrogens with zero attached hydrogens (tertiary/aromatic N) is 2. The number of carbonyl (C=O) groups excluding carboxylic acids is 1. The Morgan fingerprint density at radius 3 is 2.27 bits per heavy atom. The van der Waals surface area contributed by atoms with Crippen molar-refractivity contribution in [1.29, 1.82) is 0 Å². The molecule has 1 aliphatic carbocycles. The van der Waals surface area contributed by atoms with E-state index in [1.165, 1.54) is 42.4 Å². The normalized spacial score (nSPS) is 20.1. The van der Waals surface area contributed by atoms with Gasteiger partial charge in [-0.1, -0.05) is 49.2 Å². The SMILES string of the molecule is COc1ccc(CN2CCN(C(=O)OC(C)(C)C)C(c3ccccc3C3CCCC3)C2)cc1. The first-order chi connectivity index (χ1) is 15.8. The van der Waals surface area contributed by atoms with Crippen molar-refractivity contribution in [2.45, 2.75) is 70.6 Å². The summed E-state index contributed by atoms with van der Waals surface area (Å²) in [6, 6.07) is 17.0. The second-order valence-corrected chi connectivity index (χ2v) is 10.4. The second kappa shape index (κ2) is 10.2. The summed E-state index contributed by atoms with van der Waals surface area (Å²) in [7, 11) is 1.69. The third kappa shape index (κ3) is 5.89. The number of carbonyl (C=O) groups is 1. The van der Waals surface area contributed by atoms with E-state index in [9.17, 15) is 4.79 Å². The molecular formula is C28H38N2O3. The van der Waals surface area contributed by atoms with Crippen molar-refractivity contribution in [2.75, 3.05) is 26.7 Å². The fourth-order valence-corrected chi connectivity index (χ4v) is 5.20. The molecule has 2 aliphatic rings. The lowest BCUT2D eigenvalue weighted by Gasteiger charge is -2.43. The first-order valence-electron chi connectivity index (χ1n) is 12.3. The predicted octanol–water partition coefficient (Wildman–Crippen LogP) is 6.15. The standard InChI is InChI=1S/C28H38N2O3/c1-28(2,3)33-27(31)30-18-17-29(19-21-13-15-23(32-4)16-14-21)20-26(30)25-12-8-7-11-24(25)22-9-5-6-10-22/h7-8,11-16,22,26H,5-6,9-10,17-20H2,1-4H3. The van der Waals surface area contributed by atoms with E-state index in [1.54, 1.807) is 7.11 Å². The van der Waals surface area contributed by atoms with Gasteiger partial charge in [0.15, 0.2) is 0 Å². The van der Waals surface area contributed by atoms with Crippen LogP contribution in [0.4, 0.5) is 4.79 Å². The zero-order valence-corrected chi connectivity index (χ0v) is 20.5. The highest BCUT2D eigenvalue weighted by atomic mass is 16.6. The van der Waals surface area contributed by atoms with Crippen LogP contribution in [0.1, 0.15) is 75.1 Å². The molecule has 0 N–H and O–H groups in total. The Kier molecular flexibility index (Phi) is 7.28. The van der Waals surface area contributed by atoms with Crippen LogP contribution in [0.15, 0.2) is 48.5 Å². The Hall–Kier alpha value is -2.53. The van der Waals surface area contributed by atoms with Crippen LogP contribution >= 0.6 is 0 Å². The molecule has 1 saturated heterocycles. The Labute approximate surface area is 198 Å². The summed E-state index contributed by atoms with van der Waals surface area (Å²) in [6.45, 7) is 8.95. The van der Waals surface area contributed by atoms with Gasteiger partial charge in [0.1, 0.15) is 11.4 Å². The molecule has 33 heavy (non-hydrogen) atoms. The highest BCUT2D eigenvalue weighted by molar-refractivity contribution is 5.69. The van der Waals surface area contributed by atoms with Gasteiger partial charge in [-0.3, -0.25) is 9.80 Å². The van der Waals surface area contributed by atoms with E-state index in [0.29, 0.717) is 12.5 Å². The van der Waals surface area contributed by atoms with Gasteiger partial charge in [-0.2, -0.15) is 0 Å². The molecule has 4 rings (SSSR count). The van der Waals surface area contributed by atoms with Gasteiger partial charge in [0.2, 0.25) is 0 Å². The van der Waals surface area contributed by atoms with Gasteiger partial charge in [-0.05, 0) is 68.4 Å². The number of benzene rings is 2. The molecule has 178 valence electrons. The fraction of sp³-hybridized carbons (Fsp3) is 0.536. The predicted molar refractivity (Wildman–Crippen MR) is 132 cm³/mol. The average molecular weight is 451 g/mol. The Morgan fingerprint density at radius 2 is 1.64 bits per heavy atom. The maximum Gasteiger partial charge on any atom is 0.410 e. The number of hydrogen-bond acceptors (Lipinski definition) is 4. The number of piperazine rings is 1. The van der Waals surface area contributed by atoms with E-state index in [1.807, 2.05) is 37.8 Å². The average Bonchev–Trinajstić information content (AvgIpc) is 3.33. The molecule has 1 atom stereocenters. The molecule has 5 nitrogen and oxygen atoms in total. The van der Waals surface area contributed by atoms with E-state index in [2.05, 4.69) is 41.3 Å². The molecule has 0 bridgehead atoms. The van der Waals surface area contributed by atoms with Gasteiger partial charge < -0.3 is 9.47 Å². The zero-order valence-electron chi connectivity index (χ0n) is 20.5. The van der Waals surface area contributed by atoms with E-state index < -0.39 is 5.60 Å². The first kappa shape index (κ1) is 23.6. The van der Waals surface area contributed by atoms with Gasteiger partial charge in [-0.15, -0.1) is 0 Å². The van der Waals surface area contributed by atoms with Gasteiger partial charge in [-0.25, -0.2) is 4.79 Å². The van der Waals surface area contributed by atoms with Crippen LogP contribution in [0, 0.1) is 0 Å².